The highest BCUT2D eigenvalue weighted by molar-refractivity contribution is 5.79. The maximum Gasteiger partial charge on any atom is 0.0934 e. The molecule has 13 heavy (non-hydrogen) atoms. The number of hydrogen-bond donors (Lipinski definition) is 1. The van der Waals surface area contributed by atoms with Gasteiger partial charge in [-0.3, -0.25) is 4.99 Å². The van der Waals surface area contributed by atoms with E-state index in [4.69, 9.17) is 5.73 Å². The van der Waals surface area contributed by atoms with E-state index < -0.39 is 0 Å². The lowest BCUT2D eigenvalue weighted by Gasteiger charge is -2.19. The summed E-state index contributed by atoms with van der Waals surface area (Å²) in [6, 6.07) is 0. The molecule has 74 valence electrons. The minimum absolute atomic E-state index is 0.836. The molecule has 0 aromatic heterocycles. The van der Waals surface area contributed by atoms with E-state index in [0.717, 1.165) is 36.6 Å². The van der Waals surface area contributed by atoms with Gasteiger partial charge in [0, 0.05) is 13.0 Å². The van der Waals surface area contributed by atoms with Crippen molar-refractivity contribution in [1.82, 2.24) is 0 Å². The first-order chi connectivity index (χ1) is 6.29. The SMILES string of the molecule is CCC(N)=NCC1CC2CCC1C2. The third-order valence-corrected chi connectivity index (χ3v) is 3.78. The standard InChI is InChI=1S/C11H20N2/c1-2-11(12)13-7-10-6-8-3-4-9(10)5-8/h8-10H,2-7H2,1H3,(H2,12,13). The Morgan fingerprint density at radius 2 is 2.23 bits per heavy atom. The molecule has 0 amide bonds. The Hall–Kier alpha value is -0.530. The van der Waals surface area contributed by atoms with Crippen molar-refractivity contribution in [2.75, 3.05) is 6.54 Å². The van der Waals surface area contributed by atoms with Gasteiger partial charge in [-0.25, -0.2) is 0 Å². The summed E-state index contributed by atoms with van der Waals surface area (Å²) >= 11 is 0. The zero-order chi connectivity index (χ0) is 9.26. The number of nitrogens with zero attached hydrogens (tertiary/aromatic N) is 1. The first kappa shape index (κ1) is 9.04. The van der Waals surface area contributed by atoms with Gasteiger partial charge in [0.2, 0.25) is 0 Å². The van der Waals surface area contributed by atoms with Gasteiger partial charge in [0.05, 0.1) is 5.84 Å². The molecule has 2 aliphatic carbocycles. The molecular weight excluding hydrogens is 160 g/mol. The summed E-state index contributed by atoms with van der Waals surface area (Å²) in [5.74, 6) is 3.72. The summed E-state index contributed by atoms with van der Waals surface area (Å²) in [6.45, 7) is 3.07. The number of fused-ring (bicyclic) bond motifs is 2. The van der Waals surface area contributed by atoms with Crippen molar-refractivity contribution < 1.29 is 0 Å². The Morgan fingerprint density at radius 1 is 1.38 bits per heavy atom. The van der Waals surface area contributed by atoms with Gasteiger partial charge >= 0.3 is 0 Å². The van der Waals surface area contributed by atoms with E-state index in [-0.39, 0.29) is 0 Å². The highest BCUT2D eigenvalue weighted by atomic mass is 14.9. The van der Waals surface area contributed by atoms with Crippen LogP contribution in [0.2, 0.25) is 0 Å². The predicted molar refractivity (Wildman–Crippen MR) is 55.7 cm³/mol. The van der Waals surface area contributed by atoms with Gasteiger partial charge in [0.15, 0.2) is 0 Å². The van der Waals surface area contributed by atoms with Crippen molar-refractivity contribution in [2.24, 2.45) is 28.5 Å². The van der Waals surface area contributed by atoms with Gasteiger partial charge in [-0.15, -0.1) is 0 Å². The zero-order valence-corrected chi connectivity index (χ0v) is 8.50. The molecule has 0 saturated heterocycles. The molecule has 2 rings (SSSR count). The molecule has 0 aliphatic heterocycles. The second-order valence-corrected chi connectivity index (χ2v) is 4.62. The molecule has 2 fully saturated rings. The van der Waals surface area contributed by atoms with Crippen molar-refractivity contribution in [1.29, 1.82) is 0 Å². The fraction of sp³-hybridized carbons (Fsp3) is 0.909. The summed E-state index contributed by atoms with van der Waals surface area (Å²) in [5.41, 5.74) is 5.70. The fourth-order valence-corrected chi connectivity index (χ4v) is 2.95. The lowest BCUT2D eigenvalue weighted by molar-refractivity contribution is 0.342. The van der Waals surface area contributed by atoms with E-state index in [1.54, 1.807) is 0 Å². The number of amidine groups is 1. The Bertz CT molecular complexity index is 210. The van der Waals surface area contributed by atoms with E-state index in [0.29, 0.717) is 0 Å². The topological polar surface area (TPSA) is 38.4 Å². The number of nitrogens with two attached hydrogens (primary N) is 1. The van der Waals surface area contributed by atoms with Crippen LogP contribution >= 0.6 is 0 Å². The van der Waals surface area contributed by atoms with Crippen LogP contribution in [0.5, 0.6) is 0 Å². The highest BCUT2D eigenvalue weighted by Gasteiger charge is 2.38. The summed E-state index contributed by atoms with van der Waals surface area (Å²) in [6.07, 6.45) is 6.74. The third kappa shape index (κ3) is 1.87. The largest absolute Gasteiger partial charge is 0.387 e. The average Bonchev–Trinajstić information content (AvgIpc) is 2.74. The Morgan fingerprint density at radius 3 is 2.77 bits per heavy atom. The normalized spacial score (nSPS) is 38.5. The molecule has 0 spiro atoms. The van der Waals surface area contributed by atoms with Crippen LogP contribution < -0.4 is 5.73 Å². The Balaban J connectivity index is 1.83. The minimum atomic E-state index is 0.836. The maximum atomic E-state index is 5.70. The molecule has 3 unspecified atom stereocenters. The maximum absolute atomic E-state index is 5.70. The van der Waals surface area contributed by atoms with Gasteiger partial charge < -0.3 is 5.73 Å². The molecular formula is C11H20N2. The highest BCUT2D eigenvalue weighted by Crippen LogP contribution is 2.48. The molecule has 2 N–H and O–H groups in total. The minimum Gasteiger partial charge on any atom is -0.387 e. The molecule has 2 nitrogen and oxygen atoms in total. The summed E-state index contributed by atoms with van der Waals surface area (Å²) in [7, 11) is 0. The molecule has 2 aliphatic rings. The monoisotopic (exact) mass is 180 g/mol. The summed E-state index contributed by atoms with van der Waals surface area (Å²) in [5, 5.41) is 0. The van der Waals surface area contributed by atoms with Crippen molar-refractivity contribution >= 4 is 5.84 Å². The summed E-state index contributed by atoms with van der Waals surface area (Å²) in [4.78, 5) is 4.44. The zero-order valence-electron chi connectivity index (χ0n) is 8.50. The van der Waals surface area contributed by atoms with Crippen LogP contribution in [-0.2, 0) is 0 Å². The Kier molecular flexibility index (Phi) is 2.56. The Labute approximate surface area is 80.6 Å². The van der Waals surface area contributed by atoms with E-state index >= 15 is 0 Å². The quantitative estimate of drug-likeness (QED) is 0.524. The van der Waals surface area contributed by atoms with E-state index in [2.05, 4.69) is 11.9 Å². The van der Waals surface area contributed by atoms with Crippen LogP contribution in [0, 0.1) is 17.8 Å². The third-order valence-electron chi connectivity index (χ3n) is 3.78. The second-order valence-electron chi connectivity index (χ2n) is 4.62. The summed E-state index contributed by atoms with van der Waals surface area (Å²) < 4.78 is 0. The molecule has 2 saturated carbocycles. The van der Waals surface area contributed by atoms with Gasteiger partial charge in [0.1, 0.15) is 0 Å². The fourth-order valence-electron chi connectivity index (χ4n) is 2.95. The van der Waals surface area contributed by atoms with Crippen LogP contribution in [-0.4, -0.2) is 12.4 Å². The van der Waals surface area contributed by atoms with Crippen LogP contribution in [0.3, 0.4) is 0 Å². The predicted octanol–water partition coefficient (Wildman–Crippen LogP) is 2.19. The first-order valence-corrected chi connectivity index (χ1v) is 5.58. The van der Waals surface area contributed by atoms with Crippen LogP contribution in [0.25, 0.3) is 0 Å². The van der Waals surface area contributed by atoms with E-state index in [1.807, 2.05) is 0 Å². The van der Waals surface area contributed by atoms with Gasteiger partial charge in [-0.1, -0.05) is 13.3 Å². The molecule has 0 aromatic carbocycles. The molecule has 0 heterocycles. The first-order valence-electron chi connectivity index (χ1n) is 5.58. The number of aliphatic imine (C=N–C) groups is 1. The number of hydrogen-bond acceptors (Lipinski definition) is 1. The van der Waals surface area contributed by atoms with Crippen molar-refractivity contribution in [3.05, 3.63) is 0 Å². The smallest absolute Gasteiger partial charge is 0.0934 e. The van der Waals surface area contributed by atoms with Gasteiger partial charge in [-0.05, 0) is 37.0 Å². The van der Waals surface area contributed by atoms with Crippen LogP contribution in [0.1, 0.15) is 39.0 Å². The lowest BCUT2D eigenvalue weighted by atomic mass is 9.89. The van der Waals surface area contributed by atoms with Gasteiger partial charge in [-0.2, -0.15) is 0 Å². The second kappa shape index (κ2) is 3.69. The van der Waals surface area contributed by atoms with Crippen molar-refractivity contribution in [2.45, 2.75) is 39.0 Å². The van der Waals surface area contributed by atoms with Crippen LogP contribution in [0.4, 0.5) is 0 Å². The van der Waals surface area contributed by atoms with Gasteiger partial charge in [0.25, 0.3) is 0 Å². The molecule has 0 radical (unpaired) electrons. The van der Waals surface area contributed by atoms with Crippen molar-refractivity contribution in [3.8, 4) is 0 Å². The molecule has 3 atom stereocenters. The molecule has 2 heteroatoms. The van der Waals surface area contributed by atoms with E-state index in [1.165, 1.54) is 25.7 Å². The number of rotatable bonds is 3. The van der Waals surface area contributed by atoms with Crippen molar-refractivity contribution in [3.63, 3.8) is 0 Å². The molecule has 2 bridgehead atoms. The van der Waals surface area contributed by atoms with Crippen LogP contribution in [0.15, 0.2) is 4.99 Å². The van der Waals surface area contributed by atoms with E-state index in [9.17, 15) is 0 Å². The lowest BCUT2D eigenvalue weighted by Crippen LogP contribution is -2.17. The average molecular weight is 180 g/mol. The molecule has 0 aromatic rings.